The van der Waals surface area contributed by atoms with E-state index in [4.69, 9.17) is 5.11 Å². The molecule has 1 heteroatoms. The molecule has 1 nitrogen and oxygen atoms in total. The Hall–Kier alpha value is -1.00. The first kappa shape index (κ1) is 14.0. The third-order valence-electron chi connectivity index (χ3n) is 2.06. The van der Waals surface area contributed by atoms with Crippen LogP contribution in [0.2, 0.25) is 0 Å². The predicted molar refractivity (Wildman–Crippen MR) is 66.5 cm³/mol. The van der Waals surface area contributed by atoms with Crippen LogP contribution in [0.1, 0.15) is 46.5 Å². The Kier molecular flexibility index (Phi) is 8.91. The van der Waals surface area contributed by atoms with Crippen molar-refractivity contribution in [1.29, 1.82) is 0 Å². The highest BCUT2D eigenvalue weighted by molar-refractivity contribution is 5.05. The van der Waals surface area contributed by atoms with Crippen LogP contribution in [-0.2, 0) is 0 Å². The van der Waals surface area contributed by atoms with Crippen molar-refractivity contribution >= 4 is 0 Å². The second kappa shape index (κ2) is 9.55. The standard InChI is InChI=1S/C14H22O/c1-13(2)9-8-11-14(3)10-6-4-5-7-12-15/h9-10,15H,4,6,8,11-12H2,1-3H3/b14-10-. The van der Waals surface area contributed by atoms with Crippen molar-refractivity contribution in [2.45, 2.75) is 46.5 Å². The maximum absolute atomic E-state index is 8.45. The van der Waals surface area contributed by atoms with Crippen molar-refractivity contribution in [3.8, 4) is 11.8 Å². The number of unbranched alkanes of at least 4 members (excludes halogenated alkanes) is 1. The van der Waals surface area contributed by atoms with E-state index in [1.807, 2.05) is 0 Å². The fraction of sp³-hybridized carbons (Fsp3) is 0.571. The van der Waals surface area contributed by atoms with Crippen molar-refractivity contribution in [2.24, 2.45) is 0 Å². The van der Waals surface area contributed by atoms with Gasteiger partial charge < -0.3 is 5.11 Å². The third-order valence-corrected chi connectivity index (χ3v) is 2.06. The summed E-state index contributed by atoms with van der Waals surface area (Å²) in [7, 11) is 0. The molecular weight excluding hydrogens is 184 g/mol. The van der Waals surface area contributed by atoms with Crippen molar-refractivity contribution in [3.05, 3.63) is 23.3 Å². The molecule has 0 saturated carbocycles. The van der Waals surface area contributed by atoms with Gasteiger partial charge in [-0.15, -0.1) is 5.92 Å². The lowest BCUT2D eigenvalue weighted by atomic mass is 10.1. The van der Waals surface area contributed by atoms with Crippen LogP contribution in [-0.4, -0.2) is 11.7 Å². The Morgan fingerprint density at radius 2 is 1.80 bits per heavy atom. The molecule has 0 aromatic rings. The molecule has 0 aromatic heterocycles. The van der Waals surface area contributed by atoms with E-state index in [1.165, 1.54) is 11.1 Å². The lowest BCUT2D eigenvalue weighted by Gasteiger charge is -1.97. The molecule has 0 spiro atoms. The van der Waals surface area contributed by atoms with Gasteiger partial charge in [0.1, 0.15) is 6.61 Å². The summed E-state index contributed by atoms with van der Waals surface area (Å²) >= 11 is 0. The summed E-state index contributed by atoms with van der Waals surface area (Å²) in [6, 6.07) is 0. The number of hydrogen-bond acceptors (Lipinski definition) is 1. The van der Waals surface area contributed by atoms with Gasteiger partial charge in [-0.3, -0.25) is 0 Å². The van der Waals surface area contributed by atoms with Gasteiger partial charge in [0.2, 0.25) is 0 Å². The van der Waals surface area contributed by atoms with E-state index in [0.717, 1.165) is 25.7 Å². The highest BCUT2D eigenvalue weighted by Crippen LogP contribution is 2.08. The molecule has 0 rings (SSSR count). The minimum absolute atomic E-state index is 0.0245. The summed E-state index contributed by atoms with van der Waals surface area (Å²) in [6.45, 7) is 6.40. The lowest BCUT2D eigenvalue weighted by molar-refractivity contribution is 0.350. The molecule has 0 saturated heterocycles. The van der Waals surface area contributed by atoms with Crippen LogP contribution in [0.15, 0.2) is 23.3 Å². The fourth-order valence-corrected chi connectivity index (χ4v) is 1.23. The van der Waals surface area contributed by atoms with E-state index in [0.29, 0.717) is 0 Å². The minimum atomic E-state index is -0.0245. The molecule has 0 heterocycles. The zero-order valence-electron chi connectivity index (χ0n) is 10.1. The zero-order valence-corrected chi connectivity index (χ0v) is 10.1. The summed E-state index contributed by atoms with van der Waals surface area (Å²) in [5.41, 5.74) is 2.81. The van der Waals surface area contributed by atoms with Crippen molar-refractivity contribution in [3.63, 3.8) is 0 Å². The molecule has 1 N–H and O–H groups in total. The maximum atomic E-state index is 8.45. The van der Waals surface area contributed by atoms with Gasteiger partial charge in [0, 0.05) is 6.42 Å². The van der Waals surface area contributed by atoms with Gasteiger partial charge in [0.25, 0.3) is 0 Å². The molecular formula is C14H22O. The first-order valence-corrected chi connectivity index (χ1v) is 5.52. The minimum Gasteiger partial charge on any atom is -0.384 e. The summed E-state index contributed by atoms with van der Waals surface area (Å²) in [4.78, 5) is 0. The number of rotatable bonds is 5. The van der Waals surface area contributed by atoms with Gasteiger partial charge in [-0.1, -0.05) is 29.2 Å². The van der Waals surface area contributed by atoms with Crippen molar-refractivity contribution in [2.75, 3.05) is 6.61 Å². The summed E-state index contributed by atoms with van der Waals surface area (Å²) in [5.74, 6) is 5.56. The molecule has 15 heavy (non-hydrogen) atoms. The second-order valence-electron chi connectivity index (χ2n) is 3.92. The third kappa shape index (κ3) is 10.9. The average molecular weight is 206 g/mol. The van der Waals surface area contributed by atoms with Gasteiger partial charge in [-0.05, 0) is 40.0 Å². The maximum Gasteiger partial charge on any atom is 0.104 e. The van der Waals surface area contributed by atoms with E-state index in [9.17, 15) is 0 Å². The Morgan fingerprint density at radius 1 is 1.07 bits per heavy atom. The molecule has 0 fully saturated rings. The number of allylic oxidation sites excluding steroid dienone is 4. The van der Waals surface area contributed by atoms with Crippen molar-refractivity contribution in [1.82, 2.24) is 0 Å². The van der Waals surface area contributed by atoms with Gasteiger partial charge in [-0.2, -0.15) is 0 Å². The summed E-state index contributed by atoms with van der Waals surface area (Å²) in [5, 5.41) is 8.45. The molecule has 0 amide bonds. The molecule has 84 valence electrons. The van der Waals surface area contributed by atoms with E-state index >= 15 is 0 Å². The number of aliphatic hydroxyl groups excluding tert-OH is 1. The quantitative estimate of drug-likeness (QED) is 0.415. The predicted octanol–water partition coefficient (Wildman–Crippen LogP) is 3.46. The largest absolute Gasteiger partial charge is 0.384 e. The van der Waals surface area contributed by atoms with Crippen LogP contribution < -0.4 is 0 Å². The Morgan fingerprint density at radius 3 is 2.40 bits per heavy atom. The zero-order chi connectivity index (χ0) is 11.5. The molecule has 0 bridgehead atoms. The highest BCUT2D eigenvalue weighted by Gasteiger charge is 1.88. The Bertz CT molecular complexity index is 269. The van der Waals surface area contributed by atoms with E-state index < -0.39 is 0 Å². The number of aliphatic hydroxyl groups is 1. The molecule has 0 radical (unpaired) electrons. The van der Waals surface area contributed by atoms with E-state index in [1.54, 1.807) is 0 Å². The van der Waals surface area contributed by atoms with Crippen molar-refractivity contribution < 1.29 is 5.11 Å². The highest BCUT2D eigenvalue weighted by atomic mass is 16.2. The fourth-order valence-electron chi connectivity index (χ4n) is 1.23. The molecule has 0 atom stereocenters. The molecule has 0 aliphatic rings. The van der Waals surface area contributed by atoms with Crippen LogP contribution in [0, 0.1) is 11.8 Å². The normalized spacial score (nSPS) is 10.5. The second-order valence-corrected chi connectivity index (χ2v) is 3.92. The van der Waals surface area contributed by atoms with Gasteiger partial charge in [0.15, 0.2) is 0 Å². The van der Waals surface area contributed by atoms with Gasteiger partial charge in [0.05, 0.1) is 0 Å². The smallest absolute Gasteiger partial charge is 0.104 e. The molecule has 0 aromatic carbocycles. The summed E-state index contributed by atoms with van der Waals surface area (Å²) in [6.07, 6.45) is 8.62. The first-order chi connectivity index (χ1) is 7.16. The van der Waals surface area contributed by atoms with Gasteiger partial charge >= 0.3 is 0 Å². The first-order valence-electron chi connectivity index (χ1n) is 5.52. The Labute approximate surface area is 93.9 Å². The SMILES string of the molecule is CC(C)=CCC/C(C)=C\CCC#CCO. The topological polar surface area (TPSA) is 20.2 Å². The van der Waals surface area contributed by atoms with E-state index in [-0.39, 0.29) is 6.61 Å². The van der Waals surface area contributed by atoms with Crippen LogP contribution in [0.3, 0.4) is 0 Å². The lowest BCUT2D eigenvalue weighted by Crippen LogP contribution is -1.78. The van der Waals surface area contributed by atoms with E-state index in [2.05, 4.69) is 44.8 Å². The van der Waals surface area contributed by atoms with Crippen LogP contribution >= 0.6 is 0 Å². The summed E-state index contributed by atoms with van der Waals surface area (Å²) < 4.78 is 0. The monoisotopic (exact) mass is 206 g/mol. The van der Waals surface area contributed by atoms with Crippen LogP contribution in [0.4, 0.5) is 0 Å². The number of hydrogen-bond donors (Lipinski definition) is 1. The van der Waals surface area contributed by atoms with Crippen LogP contribution in [0.5, 0.6) is 0 Å². The molecule has 0 unspecified atom stereocenters. The molecule has 0 aliphatic carbocycles. The van der Waals surface area contributed by atoms with Crippen LogP contribution in [0.25, 0.3) is 0 Å². The average Bonchev–Trinajstić information content (AvgIpc) is 2.17. The van der Waals surface area contributed by atoms with Gasteiger partial charge in [-0.25, -0.2) is 0 Å². The Balaban J connectivity index is 3.65. The molecule has 0 aliphatic heterocycles.